The summed E-state index contributed by atoms with van der Waals surface area (Å²) in [6, 6.07) is 5.08. The maximum atomic E-state index is 10.6. The van der Waals surface area contributed by atoms with E-state index in [4.69, 9.17) is 18.9 Å². The lowest BCUT2D eigenvalue weighted by Gasteiger charge is -2.11. The standard InChI is InChI=1S/C14H20O5/c1-16-8-9-18-6-3-7-19-13-5-4-12(11-15)10-14(13)17-2/h4-5,10-11H,3,6-9H2,1-2H3. The molecule has 0 radical (unpaired) electrons. The third-order valence-corrected chi connectivity index (χ3v) is 2.45. The monoisotopic (exact) mass is 268 g/mol. The van der Waals surface area contributed by atoms with Crippen LogP contribution in [0.1, 0.15) is 16.8 Å². The van der Waals surface area contributed by atoms with E-state index in [-0.39, 0.29) is 0 Å². The largest absolute Gasteiger partial charge is 0.493 e. The minimum Gasteiger partial charge on any atom is -0.493 e. The number of ether oxygens (including phenoxy) is 4. The number of methoxy groups -OCH3 is 2. The van der Waals surface area contributed by atoms with Crippen LogP contribution in [-0.4, -0.2) is 46.9 Å². The van der Waals surface area contributed by atoms with E-state index in [9.17, 15) is 4.79 Å². The first-order chi connectivity index (χ1) is 9.31. The summed E-state index contributed by atoms with van der Waals surface area (Å²) in [5, 5.41) is 0. The summed E-state index contributed by atoms with van der Waals surface area (Å²) in [4.78, 5) is 10.6. The van der Waals surface area contributed by atoms with Crippen LogP contribution in [0.15, 0.2) is 18.2 Å². The van der Waals surface area contributed by atoms with Crippen molar-refractivity contribution in [2.75, 3.05) is 40.6 Å². The number of aldehydes is 1. The molecule has 19 heavy (non-hydrogen) atoms. The highest BCUT2D eigenvalue weighted by Crippen LogP contribution is 2.27. The van der Waals surface area contributed by atoms with Crippen molar-refractivity contribution in [3.8, 4) is 11.5 Å². The molecule has 0 amide bonds. The third-order valence-electron chi connectivity index (χ3n) is 2.45. The van der Waals surface area contributed by atoms with Gasteiger partial charge < -0.3 is 18.9 Å². The van der Waals surface area contributed by atoms with E-state index in [0.29, 0.717) is 43.5 Å². The molecule has 5 nitrogen and oxygen atoms in total. The Balaban J connectivity index is 2.30. The third kappa shape index (κ3) is 5.72. The molecule has 1 aromatic carbocycles. The molecule has 1 aromatic rings. The first kappa shape index (κ1) is 15.5. The Morgan fingerprint density at radius 2 is 1.89 bits per heavy atom. The van der Waals surface area contributed by atoms with Crippen molar-refractivity contribution in [3.05, 3.63) is 23.8 Å². The van der Waals surface area contributed by atoms with E-state index in [2.05, 4.69) is 0 Å². The molecule has 0 atom stereocenters. The van der Waals surface area contributed by atoms with E-state index in [1.807, 2.05) is 0 Å². The Kier molecular flexibility index (Phi) is 7.62. The molecule has 0 heterocycles. The summed E-state index contributed by atoms with van der Waals surface area (Å²) < 4.78 is 20.9. The molecule has 106 valence electrons. The van der Waals surface area contributed by atoms with Crippen molar-refractivity contribution < 1.29 is 23.7 Å². The molecule has 5 heteroatoms. The van der Waals surface area contributed by atoms with Crippen LogP contribution in [0.3, 0.4) is 0 Å². The van der Waals surface area contributed by atoms with Crippen molar-refractivity contribution in [2.45, 2.75) is 6.42 Å². The van der Waals surface area contributed by atoms with Crippen LogP contribution in [0.4, 0.5) is 0 Å². The number of hydrogen-bond donors (Lipinski definition) is 0. The van der Waals surface area contributed by atoms with Gasteiger partial charge in [0.15, 0.2) is 11.5 Å². The van der Waals surface area contributed by atoms with Gasteiger partial charge in [-0.2, -0.15) is 0 Å². The van der Waals surface area contributed by atoms with Gasteiger partial charge in [0.05, 0.1) is 26.9 Å². The van der Waals surface area contributed by atoms with Gasteiger partial charge in [-0.25, -0.2) is 0 Å². The number of carbonyl (C=O) groups excluding carboxylic acids is 1. The molecule has 0 aromatic heterocycles. The van der Waals surface area contributed by atoms with Gasteiger partial charge in [0.25, 0.3) is 0 Å². The van der Waals surface area contributed by atoms with Crippen LogP contribution in [0.25, 0.3) is 0 Å². The second kappa shape index (κ2) is 9.35. The molecule has 1 rings (SSSR count). The predicted molar refractivity (Wildman–Crippen MR) is 71.2 cm³/mol. The van der Waals surface area contributed by atoms with E-state index >= 15 is 0 Å². The van der Waals surface area contributed by atoms with Gasteiger partial charge in [0, 0.05) is 25.7 Å². The Labute approximate surface area is 113 Å². The van der Waals surface area contributed by atoms with Crippen LogP contribution < -0.4 is 9.47 Å². The molecule has 0 aliphatic carbocycles. The summed E-state index contributed by atoms with van der Waals surface area (Å²) in [6.07, 6.45) is 1.55. The molecule has 0 unspecified atom stereocenters. The van der Waals surface area contributed by atoms with Crippen LogP contribution in [-0.2, 0) is 9.47 Å². The average molecular weight is 268 g/mol. The summed E-state index contributed by atoms with van der Waals surface area (Å²) in [5.74, 6) is 1.19. The number of carbonyl (C=O) groups is 1. The van der Waals surface area contributed by atoms with Crippen LogP contribution in [0.5, 0.6) is 11.5 Å². The Hall–Kier alpha value is -1.59. The zero-order chi connectivity index (χ0) is 13.9. The Bertz CT molecular complexity index is 378. The molecule has 0 saturated carbocycles. The lowest BCUT2D eigenvalue weighted by Crippen LogP contribution is -2.07. The first-order valence-electron chi connectivity index (χ1n) is 6.14. The molecule has 0 aliphatic heterocycles. The average Bonchev–Trinajstić information content (AvgIpc) is 2.46. The number of benzene rings is 1. The van der Waals surface area contributed by atoms with Crippen molar-refractivity contribution in [1.82, 2.24) is 0 Å². The minimum absolute atomic E-state index is 0.532. The van der Waals surface area contributed by atoms with Crippen LogP contribution in [0, 0.1) is 0 Å². The lowest BCUT2D eigenvalue weighted by molar-refractivity contribution is 0.0643. The highest BCUT2D eigenvalue weighted by molar-refractivity contribution is 5.76. The topological polar surface area (TPSA) is 54.0 Å². The minimum atomic E-state index is 0.532. The molecule has 0 saturated heterocycles. The van der Waals surface area contributed by atoms with Crippen LogP contribution in [0.2, 0.25) is 0 Å². The molecule has 0 fully saturated rings. The SMILES string of the molecule is COCCOCCCOc1ccc(C=O)cc1OC. The van der Waals surface area contributed by atoms with Gasteiger partial charge in [-0.05, 0) is 18.2 Å². The quantitative estimate of drug-likeness (QED) is 0.479. The molecular weight excluding hydrogens is 248 g/mol. The zero-order valence-electron chi connectivity index (χ0n) is 11.4. The van der Waals surface area contributed by atoms with Gasteiger partial charge in [-0.3, -0.25) is 4.79 Å². The number of hydrogen-bond acceptors (Lipinski definition) is 5. The number of rotatable bonds is 10. The predicted octanol–water partition coefficient (Wildman–Crippen LogP) is 1.94. The molecule has 0 aliphatic rings. The summed E-state index contributed by atoms with van der Waals surface area (Å²) in [7, 11) is 3.19. The summed E-state index contributed by atoms with van der Waals surface area (Å²) in [5.41, 5.74) is 0.562. The Morgan fingerprint density at radius 3 is 2.58 bits per heavy atom. The summed E-state index contributed by atoms with van der Waals surface area (Å²) >= 11 is 0. The van der Waals surface area contributed by atoms with Crippen molar-refractivity contribution >= 4 is 6.29 Å². The zero-order valence-corrected chi connectivity index (χ0v) is 11.4. The molecule has 0 bridgehead atoms. The van der Waals surface area contributed by atoms with Gasteiger partial charge >= 0.3 is 0 Å². The van der Waals surface area contributed by atoms with Gasteiger partial charge in [-0.15, -0.1) is 0 Å². The van der Waals surface area contributed by atoms with E-state index in [0.717, 1.165) is 12.7 Å². The maximum Gasteiger partial charge on any atom is 0.161 e. The fourth-order valence-electron chi connectivity index (χ4n) is 1.46. The van der Waals surface area contributed by atoms with Crippen LogP contribution >= 0.6 is 0 Å². The van der Waals surface area contributed by atoms with Gasteiger partial charge in [0.1, 0.15) is 6.29 Å². The fraction of sp³-hybridized carbons (Fsp3) is 0.500. The van der Waals surface area contributed by atoms with E-state index < -0.39 is 0 Å². The fourth-order valence-corrected chi connectivity index (χ4v) is 1.46. The molecule has 0 spiro atoms. The second-order valence-corrected chi connectivity index (χ2v) is 3.84. The molecule has 0 N–H and O–H groups in total. The van der Waals surface area contributed by atoms with Crippen molar-refractivity contribution in [2.24, 2.45) is 0 Å². The van der Waals surface area contributed by atoms with E-state index in [1.165, 1.54) is 0 Å². The smallest absolute Gasteiger partial charge is 0.161 e. The van der Waals surface area contributed by atoms with E-state index in [1.54, 1.807) is 32.4 Å². The lowest BCUT2D eigenvalue weighted by atomic mass is 10.2. The highest BCUT2D eigenvalue weighted by Gasteiger charge is 2.05. The van der Waals surface area contributed by atoms with Gasteiger partial charge in [-0.1, -0.05) is 0 Å². The first-order valence-corrected chi connectivity index (χ1v) is 6.14. The summed E-state index contributed by atoms with van der Waals surface area (Å²) in [6.45, 7) is 2.34. The Morgan fingerprint density at radius 1 is 1.05 bits per heavy atom. The highest BCUT2D eigenvalue weighted by atomic mass is 16.5. The van der Waals surface area contributed by atoms with Gasteiger partial charge in [0.2, 0.25) is 0 Å². The van der Waals surface area contributed by atoms with Crippen molar-refractivity contribution in [1.29, 1.82) is 0 Å². The normalized spacial score (nSPS) is 10.2. The maximum absolute atomic E-state index is 10.6. The second-order valence-electron chi connectivity index (χ2n) is 3.84. The van der Waals surface area contributed by atoms with Crippen molar-refractivity contribution in [3.63, 3.8) is 0 Å². The molecular formula is C14H20O5.